The van der Waals surface area contributed by atoms with E-state index in [0.29, 0.717) is 11.3 Å². The first kappa shape index (κ1) is 17.1. The summed E-state index contributed by atoms with van der Waals surface area (Å²) < 4.78 is 5.77. The summed E-state index contributed by atoms with van der Waals surface area (Å²) in [6.07, 6.45) is 17.1. The summed E-state index contributed by atoms with van der Waals surface area (Å²) in [6.45, 7) is 8.97. The second-order valence-corrected chi connectivity index (χ2v) is 7.47. The Hall–Kier alpha value is -1.31. The maximum atomic E-state index is 12.0. The Labute approximate surface area is 135 Å². The molecule has 2 aliphatic rings. The number of hydrogen-bond acceptors (Lipinski definition) is 2. The zero-order valence-corrected chi connectivity index (χ0v) is 14.5. The zero-order valence-electron chi connectivity index (χ0n) is 14.5. The average Bonchev–Trinajstić information content (AvgIpc) is 2.79. The minimum absolute atomic E-state index is 0.0907. The molecule has 2 fully saturated rings. The monoisotopic (exact) mass is 302 g/mol. The smallest absolute Gasteiger partial charge is 0.330 e. The van der Waals surface area contributed by atoms with Gasteiger partial charge in [0.05, 0.1) is 0 Å². The van der Waals surface area contributed by atoms with Crippen LogP contribution >= 0.6 is 0 Å². The van der Waals surface area contributed by atoms with Crippen LogP contribution < -0.4 is 0 Å². The molecule has 2 bridgehead atoms. The van der Waals surface area contributed by atoms with Crippen LogP contribution in [0.25, 0.3) is 0 Å². The lowest BCUT2D eigenvalue weighted by Gasteiger charge is -2.38. The van der Waals surface area contributed by atoms with Gasteiger partial charge in [-0.1, -0.05) is 51.2 Å². The van der Waals surface area contributed by atoms with Gasteiger partial charge in [-0.3, -0.25) is 0 Å². The number of carbonyl (C=O) groups excluding carboxylic acids is 1. The van der Waals surface area contributed by atoms with Crippen LogP contribution in [0.15, 0.2) is 36.5 Å². The fourth-order valence-electron chi connectivity index (χ4n) is 4.15. The maximum Gasteiger partial charge on any atom is 0.330 e. The first-order valence-corrected chi connectivity index (χ1v) is 8.57. The molecule has 0 aromatic carbocycles. The molecule has 0 aliphatic heterocycles. The van der Waals surface area contributed by atoms with Crippen LogP contribution in [0.5, 0.6) is 0 Å². The Balaban J connectivity index is 1.79. The highest BCUT2D eigenvalue weighted by molar-refractivity contribution is 5.82. The molecular weight excluding hydrogens is 272 g/mol. The summed E-state index contributed by atoms with van der Waals surface area (Å²) in [4.78, 5) is 12.0. The fraction of sp³-hybridized carbons (Fsp3) is 0.650. The Morgan fingerprint density at radius 1 is 1.18 bits per heavy atom. The first-order valence-electron chi connectivity index (χ1n) is 8.57. The minimum Gasteiger partial charge on any atom is -0.459 e. The van der Waals surface area contributed by atoms with Crippen LogP contribution in [0.4, 0.5) is 0 Å². The third-order valence-electron chi connectivity index (χ3n) is 6.17. The number of hydrogen-bond donors (Lipinski definition) is 0. The van der Waals surface area contributed by atoms with Crippen molar-refractivity contribution in [3.63, 3.8) is 0 Å². The largest absolute Gasteiger partial charge is 0.459 e. The summed E-state index contributed by atoms with van der Waals surface area (Å²) >= 11 is 0. The van der Waals surface area contributed by atoms with E-state index >= 15 is 0 Å². The number of carbonyl (C=O) groups is 1. The highest BCUT2D eigenvalue weighted by Gasteiger charge is 2.62. The molecule has 2 heteroatoms. The molecule has 2 saturated carbocycles. The summed E-state index contributed by atoms with van der Waals surface area (Å²) in [5, 5.41) is 0. The lowest BCUT2D eigenvalue weighted by molar-refractivity contribution is -0.150. The molecule has 0 radical (unpaired) electrons. The number of rotatable bonds is 6. The quantitative estimate of drug-likeness (QED) is 0.291. The number of allylic oxidation sites excluding steroid dienone is 5. The predicted molar refractivity (Wildman–Crippen MR) is 91.4 cm³/mol. The molecule has 3 unspecified atom stereocenters. The van der Waals surface area contributed by atoms with Gasteiger partial charge in [-0.25, -0.2) is 4.79 Å². The predicted octanol–water partition coefficient (Wildman–Crippen LogP) is 5.21. The third-order valence-corrected chi connectivity index (χ3v) is 6.17. The summed E-state index contributed by atoms with van der Waals surface area (Å²) in [6, 6.07) is 0. The molecule has 0 aromatic rings. The van der Waals surface area contributed by atoms with Crippen molar-refractivity contribution in [1.82, 2.24) is 0 Å². The molecule has 0 aromatic heterocycles. The second-order valence-electron chi connectivity index (χ2n) is 7.47. The molecule has 0 spiro atoms. The summed E-state index contributed by atoms with van der Waals surface area (Å²) in [5.74, 6) is 0.531. The number of fused-ring (bicyclic) bond motifs is 2. The molecule has 2 nitrogen and oxygen atoms in total. The van der Waals surface area contributed by atoms with E-state index in [1.54, 1.807) is 6.08 Å². The van der Waals surface area contributed by atoms with E-state index in [4.69, 9.17) is 4.74 Å². The molecule has 2 rings (SSSR count). The van der Waals surface area contributed by atoms with Crippen molar-refractivity contribution in [2.75, 3.05) is 0 Å². The van der Waals surface area contributed by atoms with Gasteiger partial charge < -0.3 is 4.74 Å². The van der Waals surface area contributed by atoms with Crippen molar-refractivity contribution in [1.29, 1.82) is 0 Å². The SMILES string of the molecule is C/C=C/C=C\CC/C=C/C(=O)OC1CC2CCC1(C)C2(C)C. The lowest BCUT2D eigenvalue weighted by atomic mass is 9.70. The van der Waals surface area contributed by atoms with Crippen LogP contribution in [0.2, 0.25) is 0 Å². The molecule has 0 amide bonds. The first-order chi connectivity index (χ1) is 10.4. The molecular formula is C20H30O2. The molecule has 2 aliphatic carbocycles. The van der Waals surface area contributed by atoms with Gasteiger partial charge in [-0.15, -0.1) is 0 Å². The van der Waals surface area contributed by atoms with Gasteiger partial charge in [-0.05, 0) is 50.4 Å². The van der Waals surface area contributed by atoms with Crippen LogP contribution in [-0.4, -0.2) is 12.1 Å². The van der Waals surface area contributed by atoms with E-state index in [2.05, 4.69) is 26.8 Å². The van der Waals surface area contributed by atoms with Gasteiger partial charge >= 0.3 is 5.97 Å². The Morgan fingerprint density at radius 3 is 2.50 bits per heavy atom. The van der Waals surface area contributed by atoms with Crippen molar-refractivity contribution in [3.8, 4) is 0 Å². The molecule has 0 saturated heterocycles. The van der Waals surface area contributed by atoms with E-state index in [9.17, 15) is 4.79 Å². The third kappa shape index (κ3) is 3.21. The van der Waals surface area contributed by atoms with Gasteiger partial charge in [0.2, 0.25) is 0 Å². The van der Waals surface area contributed by atoms with Crippen LogP contribution in [0, 0.1) is 16.7 Å². The van der Waals surface area contributed by atoms with Crippen molar-refractivity contribution in [2.24, 2.45) is 16.7 Å². The van der Waals surface area contributed by atoms with Crippen molar-refractivity contribution >= 4 is 5.97 Å². The average molecular weight is 302 g/mol. The van der Waals surface area contributed by atoms with E-state index in [-0.39, 0.29) is 17.5 Å². The Bertz CT molecular complexity index is 484. The number of unbranched alkanes of at least 4 members (excludes halogenated alkanes) is 1. The summed E-state index contributed by atoms with van der Waals surface area (Å²) in [7, 11) is 0. The Morgan fingerprint density at radius 2 is 1.91 bits per heavy atom. The molecule has 122 valence electrons. The highest BCUT2D eigenvalue weighted by Crippen LogP contribution is 2.66. The van der Waals surface area contributed by atoms with Crippen LogP contribution in [0.1, 0.15) is 59.8 Å². The van der Waals surface area contributed by atoms with Crippen molar-refractivity contribution in [2.45, 2.75) is 65.9 Å². The molecule has 3 atom stereocenters. The number of ether oxygens (including phenoxy) is 1. The minimum atomic E-state index is -0.174. The summed E-state index contributed by atoms with van der Waals surface area (Å²) in [5.41, 5.74) is 0.440. The maximum absolute atomic E-state index is 12.0. The molecule has 0 heterocycles. The van der Waals surface area contributed by atoms with Crippen LogP contribution in [-0.2, 0) is 9.53 Å². The van der Waals surface area contributed by atoms with E-state index in [1.165, 1.54) is 12.8 Å². The zero-order chi connectivity index (χ0) is 16.2. The molecule has 0 N–H and O–H groups in total. The van der Waals surface area contributed by atoms with E-state index in [1.807, 2.05) is 31.2 Å². The normalized spacial score (nSPS) is 33.5. The van der Waals surface area contributed by atoms with E-state index in [0.717, 1.165) is 19.3 Å². The van der Waals surface area contributed by atoms with Gasteiger partial charge in [-0.2, -0.15) is 0 Å². The van der Waals surface area contributed by atoms with E-state index < -0.39 is 0 Å². The van der Waals surface area contributed by atoms with Gasteiger partial charge in [0.15, 0.2) is 0 Å². The highest BCUT2D eigenvalue weighted by atomic mass is 16.5. The van der Waals surface area contributed by atoms with Crippen LogP contribution in [0.3, 0.4) is 0 Å². The standard InChI is InChI=1S/C20H30O2/c1-5-6-7-8-9-10-11-12-18(21)22-17-15-16-13-14-20(17,4)19(16,2)3/h5-8,11-12,16-17H,9-10,13-15H2,1-4H3/b6-5+,8-7-,12-11+. The lowest BCUT2D eigenvalue weighted by Crippen LogP contribution is -2.38. The Kier molecular flexibility index (Phi) is 5.31. The van der Waals surface area contributed by atoms with Gasteiger partial charge in [0.25, 0.3) is 0 Å². The number of esters is 1. The van der Waals surface area contributed by atoms with Crippen molar-refractivity contribution < 1.29 is 9.53 Å². The fourth-order valence-corrected chi connectivity index (χ4v) is 4.15. The van der Waals surface area contributed by atoms with Gasteiger partial charge in [0, 0.05) is 11.5 Å². The van der Waals surface area contributed by atoms with Gasteiger partial charge in [0.1, 0.15) is 6.10 Å². The topological polar surface area (TPSA) is 26.3 Å². The van der Waals surface area contributed by atoms with Crippen molar-refractivity contribution in [3.05, 3.63) is 36.5 Å². The second kappa shape index (κ2) is 6.85. The molecule has 22 heavy (non-hydrogen) atoms.